The molecule has 0 aromatic heterocycles. The highest BCUT2D eigenvalue weighted by atomic mass is 16.6. The fraction of sp³-hybridized carbons (Fsp3) is 0.523. The van der Waals surface area contributed by atoms with Gasteiger partial charge in [0.1, 0.15) is 13.2 Å². The molecule has 6 nitrogen and oxygen atoms in total. The molecular formula is C65H98O6. The van der Waals surface area contributed by atoms with E-state index < -0.39 is 12.1 Å². The van der Waals surface area contributed by atoms with Gasteiger partial charge in [-0.3, -0.25) is 14.4 Å². The predicted octanol–water partition coefficient (Wildman–Crippen LogP) is 18.8. The van der Waals surface area contributed by atoms with Gasteiger partial charge < -0.3 is 14.2 Å². The van der Waals surface area contributed by atoms with Crippen LogP contribution < -0.4 is 0 Å². The Hall–Kier alpha value is -5.23. The molecule has 0 fully saturated rings. The summed E-state index contributed by atoms with van der Waals surface area (Å²) in [6.07, 6.45) is 84.8. The number of esters is 3. The van der Waals surface area contributed by atoms with Crippen LogP contribution in [0.15, 0.2) is 170 Å². The zero-order valence-electron chi connectivity index (χ0n) is 44.9. The van der Waals surface area contributed by atoms with Crippen molar-refractivity contribution in [1.29, 1.82) is 0 Å². The predicted molar refractivity (Wildman–Crippen MR) is 306 cm³/mol. The van der Waals surface area contributed by atoms with Gasteiger partial charge in [0.15, 0.2) is 6.10 Å². The Morgan fingerprint density at radius 2 is 0.521 bits per heavy atom. The molecule has 0 bridgehead atoms. The van der Waals surface area contributed by atoms with Gasteiger partial charge in [-0.2, -0.15) is 0 Å². The first-order valence-corrected chi connectivity index (χ1v) is 27.6. The van der Waals surface area contributed by atoms with E-state index in [2.05, 4.69) is 191 Å². The lowest BCUT2D eigenvalue weighted by Crippen LogP contribution is -2.30. The second kappa shape index (κ2) is 57.3. The Balaban J connectivity index is 4.63. The van der Waals surface area contributed by atoms with Gasteiger partial charge in [-0.15, -0.1) is 0 Å². The second-order valence-electron chi connectivity index (χ2n) is 17.3. The van der Waals surface area contributed by atoms with E-state index in [0.29, 0.717) is 19.3 Å². The molecule has 0 aliphatic heterocycles. The number of rotatable bonds is 47. The fourth-order valence-corrected chi connectivity index (χ4v) is 6.67. The molecule has 0 aliphatic rings. The van der Waals surface area contributed by atoms with Gasteiger partial charge in [0.05, 0.1) is 0 Å². The summed E-state index contributed by atoms with van der Waals surface area (Å²) >= 11 is 0. The first-order chi connectivity index (χ1) is 35.0. The molecule has 0 aliphatic carbocycles. The van der Waals surface area contributed by atoms with Crippen LogP contribution >= 0.6 is 0 Å². The number of ether oxygens (including phenoxy) is 3. The van der Waals surface area contributed by atoms with Crippen molar-refractivity contribution in [3.63, 3.8) is 0 Å². The molecule has 0 heterocycles. The average Bonchev–Trinajstić information content (AvgIpc) is 3.37. The third-order valence-electron chi connectivity index (χ3n) is 10.7. The van der Waals surface area contributed by atoms with Crippen molar-refractivity contribution in [2.45, 2.75) is 207 Å². The Kier molecular flexibility index (Phi) is 53.1. The van der Waals surface area contributed by atoms with E-state index in [1.165, 1.54) is 0 Å². The molecule has 394 valence electrons. The van der Waals surface area contributed by atoms with Crippen LogP contribution in [-0.2, 0) is 28.6 Å². The van der Waals surface area contributed by atoms with Crippen molar-refractivity contribution in [3.05, 3.63) is 170 Å². The summed E-state index contributed by atoms with van der Waals surface area (Å²) in [5.74, 6) is -1.06. The molecule has 0 N–H and O–H groups in total. The fourth-order valence-electron chi connectivity index (χ4n) is 6.67. The van der Waals surface area contributed by atoms with Gasteiger partial charge in [0.25, 0.3) is 0 Å². The van der Waals surface area contributed by atoms with Crippen LogP contribution in [-0.4, -0.2) is 37.2 Å². The molecule has 1 unspecified atom stereocenters. The monoisotopic (exact) mass is 975 g/mol. The van der Waals surface area contributed by atoms with Crippen LogP contribution in [0.4, 0.5) is 0 Å². The van der Waals surface area contributed by atoms with Crippen molar-refractivity contribution in [2.75, 3.05) is 13.2 Å². The third-order valence-corrected chi connectivity index (χ3v) is 10.7. The van der Waals surface area contributed by atoms with Crippen LogP contribution in [0.25, 0.3) is 0 Å². The molecule has 0 spiro atoms. The average molecular weight is 975 g/mol. The van der Waals surface area contributed by atoms with Gasteiger partial charge in [-0.25, -0.2) is 0 Å². The first-order valence-electron chi connectivity index (χ1n) is 27.6. The highest BCUT2D eigenvalue weighted by Gasteiger charge is 2.19. The number of hydrogen-bond acceptors (Lipinski definition) is 6. The van der Waals surface area contributed by atoms with Gasteiger partial charge >= 0.3 is 17.9 Å². The second-order valence-corrected chi connectivity index (χ2v) is 17.3. The molecule has 0 aromatic rings. The van der Waals surface area contributed by atoms with E-state index in [4.69, 9.17) is 14.2 Å². The minimum absolute atomic E-state index is 0.133. The molecule has 1 atom stereocenters. The minimum atomic E-state index is -0.842. The molecule has 71 heavy (non-hydrogen) atoms. The molecule has 0 radical (unpaired) electrons. The van der Waals surface area contributed by atoms with E-state index in [0.717, 1.165) is 154 Å². The van der Waals surface area contributed by atoms with Crippen molar-refractivity contribution in [3.8, 4) is 0 Å². The maximum absolute atomic E-state index is 12.8. The van der Waals surface area contributed by atoms with Crippen LogP contribution in [0.3, 0.4) is 0 Å². The summed E-state index contributed by atoms with van der Waals surface area (Å²) in [4.78, 5) is 38.1. The highest BCUT2D eigenvalue weighted by molar-refractivity contribution is 5.71. The standard InChI is InChI=1S/C65H98O6/c1-4-7-10-13-16-19-22-25-28-31-32-35-37-40-43-46-49-52-55-58-64(67)70-61-62(71-65(68)59-56-53-50-47-44-41-38-34-30-27-24-21-18-15-12-9-6-3)60-69-63(66)57-54-51-48-45-42-39-36-33-29-26-23-20-17-14-11-8-5-2/h7-12,16-21,25-30,32,35-36,38-41,43,47,50,62H,4-6,13-15,22-24,31,33-34,37,42,44-46,48-49,51-61H2,1-3H3/b10-7-,11-8-,12-9-,19-16-,20-17-,21-18-,28-25-,29-26-,30-27-,35-32-,39-36-,41-38-,43-40-,50-47-. The smallest absolute Gasteiger partial charge is 0.306 e. The highest BCUT2D eigenvalue weighted by Crippen LogP contribution is 2.11. The maximum atomic E-state index is 12.8. The summed E-state index contributed by atoms with van der Waals surface area (Å²) < 4.78 is 16.7. The molecule has 0 amide bonds. The van der Waals surface area contributed by atoms with Crippen molar-refractivity contribution < 1.29 is 28.6 Å². The molecule has 6 heteroatoms. The number of unbranched alkanes of at least 4 members (excludes halogenated alkanes) is 8. The maximum Gasteiger partial charge on any atom is 0.306 e. The van der Waals surface area contributed by atoms with E-state index in [9.17, 15) is 14.4 Å². The topological polar surface area (TPSA) is 78.9 Å². The first kappa shape index (κ1) is 65.8. The van der Waals surface area contributed by atoms with E-state index in [1.807, 2.05) is 0 Å². The number of carbonyl (C=O) groups excluding carboxylic acids is 3. The van der Waals surface area contributed by atoms with Gasteiger partial charge in [0.2, 0.25) is 0 Å². The Labute approximate surface area is 434 Å². The molecule has 0 saturated carbocycles. The Bertz CT molecular complexity index is 1690. The normalized spacial score (nSPS) is 13.5. The summed E-state index contributed by atoms with van der Waals surface area (Å²) in [6.45, 7) is 6.17. The number of allylic oxidation sites excluding steroid dienone is 28. The minimum Gasteiger partial charge on any atom is -0.462 e. The Morgan fingerprint density at radius 1 is 0.282 bits per heavy atom. The van der Waals surface area contributed by atoms with Crippen LogP contribution in [0.1, 0.15) is 201 Å². The van der Waals surface area contributed by atoms with Crippen LogP contribution in [0, 0.1) is 0 Å². The lowest BCUT2D eigenvalue weighted by molar-refractivity contribution is -0.167. The summed E-state index contributed by atoms with van der Waals surface area (Å²) in [7, 11) is 0. The lowest BCUT2D eigenvalue weighted by atomic mass is 10.1. The lowest BCUT2D eigenvalue weighted by Gasteiger charge is -2.18. The van der Waals surface area contributed by atoms with Gasteiger partial charge in [-0.05, 0) is 141 Å². The van der Waals surface area contributed by atoms with E-state index in [-0.39, 0.29) is 31.6 Å². The zero-order chi connectivity index (χ0) is 51.4. The SMILES string of the molecule is CC/C=C\C/C=C\C/C=C\C/C=C\C/C=C\CCCCCC(=O)OCC(COC(=O)CCCCCC/C=C\C/C=C\C/C=C\C/C=C\CC)OC(=O)CCC/C=C\C/C=C\C/C=C\C/C=C\C/C=C\CC. The van der Waals surface area contributed by atoms with Gasteiger partial charge in [0, 0.05) is 19.3 Å². The van der Waals surface area contributed by atoms with Crippen molar-refractivity contribution in [2.24, 2.45) is 0 Å². The molecule has 0 rings (SSSR count). The summed E-state index contributed by atoms with van der Waals surface area (Å²) in [5, 5.41) is 0. The number of hydrogen-bond donors (Lipinski definition) is 0. The van der Waals surface area contributed by atoms with Crippen molar-refractivity contribution >= 4 is 17.9 Å². The van der Waals surface area contributed by atoms with Crippen molar-refractivity contribution in [1.82, 2.24) is 0 Å². The Morgan fingerprint density at radius 3 is 0.831 bits per heavy atom. The molecule has 0 aromatic carbocycles. The van der Waals surface area contributed by atoms with Crippen LogP contribution in [0.2, 0.25) is 0 Å². The molecular weight excluding hydrogens is 877 g/mol. The number of carbonyl (C=O) groups is 3. The summed E-state index contributed by atoms with van der Waals surface area (Å²) in [5.41, 5.74) is 0. The largest absolute Gasteiger partial charge is 0.462 e. The van der Waals surface area contributed by atoms with E-state index in [1.54, 1.807) is 0 Å². The van der Waals surface area contributed by atoms with E-state index >= 15 is 0 Å². The molecule has 0 saturated heterocycles. The zero-order valence-corrected chi connectivity index (χ0v) is 44.9. The third kappa shape index (κ3) is 55.6. The quantitative estimate of drug-likeness (QED) is 0.0262. The summed E-state index contributed by atoms with van der Waals surface area (Å²) in [6, 6.07) is 0. The van der Waals surface area contributed by atoms with Crippen LogP contribution in [0.5, 0.6) is 0 Å². The van der Waals surface area contributed by atoms with Gasteiger partial charge in [-0.1, -0.05) is 210 Å².